The number of para-hydroxylation sites is 1. The minimum atomic E-state index is -0.742. The summed E-state index contributed by atoms with van der Waals surface area (Å²) in [5, 5.41) is 2.52. The number of anilines is 1. The van der Waals surface area contributed by atoms with Crippen molar-refractivity contribution in [1.29, 1.82) is 0 Å². The Hall–Kier alpha value is -2.24. The van der Waals surface area contributed by atoms with Crippen LogP contribution in [0, 0.1) is 0 Å². The molecule has 104 valence electrons. The average Bonchev–Trinajstić information content (AvgIpc) is 2.40. The molecule has 6 nitrogen and oxygen atoms in total. The zero-order valence-corrected chi connectivity index (χ0v) is 11.2. The van der Waals surface area contributed by atoms with Gasteiger partial charge in [0, 0.05) is 0 Å². The average molecular weight is 266 g/mol. The summed E-state index contributed by atoms with van der Waals surface area (Å²) >= 11 is 0. The number of hydrogen-bond acceptors (Lipinski definition) is 5. The normalized spacial score (nSPS) is 11.5. The molecular formula is C13H18N2O4. The smallest absolute Gasteiger partial charge is 0.328 e. The molecule has 1 amide bonds. The SMILES string of the molecule is CCOc1c(N)cccc1C(=O)NC(C)C(=O)OC. The van der Waals surface area contributed by atoms with Crippen molar-refractivity contribution < 1.29 is 19.1 Å². The summed E-state index contributed by atoms with van der Waals surface area (Å²) in [6.07, 6.45) is 0. The number of amides is 1. The number of carbonyl (C=O) groups excluding carboxylic acids is 2. The maximum absolute atomic E-state index is 12.1. The fourth-order valence-electron chi connectivity index (χ4n) is 1.55. The first-order valence-corrected chi connectivity index (χ1v) is 5.91. The van der Waals surface area contributed by atoms with Crippen molar-refractivity contribution in [3.8, 4) is 5.75 Å². The fraction of sp³-hybridized carbons (Fsp3) is 0.385. The van der Waals surface area contributed by atoms with E-state index in [0.717, 1.165) is 0 Å². The van der Waals surface area contributed by atoms with Crippen molar-refractivity contribution >= 4 is 17.6 Å². The molecule has 3 N–H and O–H groups in total. The molecule has 0 aromatic heterocycles. The summed E-state index contributed by atoms with van der Waals surface area (Å²) in [7, 11) is 1.26. The number of ether oxygens (including phenoxy) is 2. The van der Waals surface area contributed by atoms with Gasteiger partial charge in [-0.25, -0.2) is 4.79 Å². The number of hydrogen-bond donors (Lipinski definition) is 2. The summed E-state index contributed by atoms with van der Waals surface area (Å²) in [6, 6.07) is 4.13. The van der Waals surface area contributed by atoms with Crippen LogP contribution in [-0.2, 0) is 9.53 Å². The molecule has 19 heavy (non-hydrogen) atoms. The van der Waals surface area contributed by atoms with Crippen LogP contribution in [0.3, 0.4) is 0 Å². The molecule has 0 saturated carbocycles. The third-order valence-corrected chi connectivity index (χ3v) is 2.48. The van der Waals surface area contributed by atoms with Gasteiger partial charge in [-0.05, 0) is 26.0 Å². The zero-order chi connectivity index (χ0) is 14.4. The maximum Gasteiger partial charge on any atom is 0.328 e. The van der Waals surface area contributed by atoms with Gasteiger partial charge in [-0.15, -0.1) is 0 Å². The van der Waals surface area contributed by atoms with Gasteiger partial charge in [-0.1, -0.05) is 6.07 Å². The Labute approximate surface area is 111 Å². The van der Waals surface area contributed by atoms with E-state index in [9.17, 15) is 9.59 Å². The minimum Gasteiger partial charge on any atom is -0.491 e. The van der Waals surface area contributed by atoms with Gasteiger partial charge in [-0.3, -0.25) is 4.79 Å². The maximum atomic E-state index is 12.1. The van der Waals surface area contributed by atoms with E-state index in [-0.39, 0.29) is 5.56 Å². The third kappa shape index (κ3) is 3.61. The van der Waals surface area contributed by atoms with Crippen LogP contribution >= 0.6 is 0 Å². The summed E-state index contributed by atoms with van der Waals surface area (Å²) in [6.45, 7) is 3.72. The van der Waals surface area contributed by atoms with Crippen LogP contribution in [0.15, 0.2) is 18.2 Å². The van der Waals surface area contributed by atoms with E-state index in [1.165, 1.54) is 14.0 Å². The number of benzene rings is 1. The van der Waals surface area contributed by atoms with Crippen molar-refractivity contribution in [3.05, 3.63) is 23.8 Å². The largest absolute Gasteiger partial charge is 0.491 e. The Balaban J connectivity index is 2.93. The lowest BCUT2D eigenvalue weighted by atomic mass is 10.1. The molecule has 0 aliphatic carbocycles. The van der Waals surface area contributed by atoms with Crippen LogP contribution in [0.4, 0.5) is 5.69 Å². The first kappa shape index (κ1) is 14.8. The van der Waals surface area contributed by atoms with Crippen molar-refractivity contribution in [2.45, 2.75) is 19.9 Å². The molecule has 1 atom stereocenters. The predicted molar refractivity (Wildman–Crippen MR) is 71.0 cm³/mol. The van der Waals surface area contributed by atoms with Crippen molar-refractivity contribution in [3.63, 3.8) is 0 Å². The molecule has 1 aromatic rings. The van der Waals surface area contributed by atoms with Gasteiger partial charge >= 0.3 is 5.97 Å². The lowest BCUT2D eigenvalue weighted by Gasteiger charge is -2.15. The fourth-order valence-corrected chi connectivity index (χ4v) is 1.55. The van der Waals surface area contributed by atoms with Gasteiger partial charge in [0.25, 0.3) is 5.91 Å². The first-order valence-electron chi connectivity index (χ1n) is 5.91. The van der Waals surface area contributed by atoms with E-state index in [2.05, 4.69) is 10.1 Å². The van der Waals surface area contributed by atoms with Crippen LogP contribution in [0.2, 0.25) is 0 Å². The lowest BCUT2D eigenvalue weighted by molar-refractivity contribution is -0.142. The number of nitrogens with one attached hydrogen (secondary N) is 1. The van der Waals surface area contributed by atoms with Gasteiger partial charge in [0.15, 0.2) is 5.75 Å². The highest BCUT2D eigenvalue weighted by Gasteiger charge is 2.20. The van der Waals surface area contributed by atoms with Gasteiger partial charge in [0.05, 0.1) is 25.0 Å². The number of nitrogen functional groups attached to an aromatic ring is 1. The number of carbonyl (C=O) groups is 2. The topological polar surface area (TPSA) is 90.6 Å². The molecule has 0 aliphatic heterocycles. The highest BCUT2D eigenvalue weighted by Crippen LogP contribution is 2.26. The number of esters is 1. The Morgan fingerprint density at radius 1 is 1.42 bits per heavy atom. The Morgan fingerprint density at radius 2 is 2.11 bits per heavy atom. The molecule has 1 unspecified atom stereocenters. The summed E-state index contributed by atoms with van der Waals surface area (Å²) in [4.78, 5) is 23.3. The van der Waals surface area contributed by atoms with E-state index in [1.807, 2.05) is 0 Å². The summed E-state index contributed by atoms with van der Waals surface area (Å²) < 4.78 is 9.90. The monoisotopic (exact) mass is 266 g/mol. The Kier molecular flexibility index (Phi) is 5.17. The van der Waals surface area contributed by atoms with Crippen molar-refractivity contribution in [1.82, 2.24) is 5.32 Å². The third-order valence-electron chi connectivity index (χ3n) is 2.48. The second-order valence-electron chi connectivity index (χ2n) is 3.88. The van der Waals surface area contributed by atoms with E-state index < -0.39 is 17.9 Å². The molecule has 0 heterocycles. The second kappa shape index (κ2) is 6.63. The number of methoxy groups -OCH3 is 1. The quantitative estimate of drug-likeness (QED) is 0.612. The molecule has 1 aromatic carbocycles. The molecule has 0 aliphatic rings. The van der Waals surface area contributed by atoms with Gasteiger partial charge < -0.3 is 20.5 Å². The second-order valence-corrected chi connectivity index (χ2v) is 3.88. The standard InChI is InChI=1S/C13H18N2O4/c1-4-19-11-9(6-5-7-10(11)14)12(16)15-8(2)13(17)18-3/h5-8H,4,14H2,1-3H3,(H,15,16). The lowest BCUT2D eigenvalue weighted by Crippen LogP contribution is -2.39. The molecule has 0 saturated heterocycles. The Morgan fingerprint density at radius 3 is 2.68 bits per heavy atom. The van der Waals surface area contributed by atoms with Gasteiger partial charge in [0.2, 0.25) is 0 Å². The summed E-state index contributed by atoms with van der Waals surface area (Å²) in [5.74, 6) is -0.636. The first-order chi connectivity index (χ1) is 9.01. The van der Waals surface area contributed by atoms with Gasteiger partial charge in [0.1, 0.15) is 6.04 Å². The molecular weight excluding hydrogens is 248 g/mol. The molecule has 0 fully saturated rings. The van der Waals surface area contributed by atoms with Crippen molar-refractivity contribution in [2.75, 3.05) is 19.5 Å². The summed E-state index contributed by atoms with van der Waals surface area (Å²) in [5.41, 5.74) is 6.43. The van der Waals surface area contributed by atoms with Crippen LogP contribution in [0.1, 0.15) is 24.2 Å². The van der Waals surface area contributed by atoms with E-state index >= 15 is 0 Å². The molecule has 0 bridgehead atoms. The minimum absolute atomic E-state index is 0.289. The number of nitrogens with two attached hydrogens (primary N) is 1. The molecule has 0 spiro atoms. The van der Waals surface area contributed by atoms with Crippen molar-refractivity contribution in [2.24, 2.45) is 0 Å². The highest BCUT2D eigenvalue weighted by molar-refractivity contribution is 6.00. The van der Waals surface area contributed by atoms with Crippen LogP contribution in [0.25, 0.3) is 0 Å². The van der Waals surface area contributed by atoms with E-state index in [1.54, 1.807) is 25.1 Å². The number of rotatable bonds is 5. The van der Waals surface area contributed by atoms with E-state index in [4.69, 9.17) is 10.5 Å². The van der Waals surface area contributed by atoms with Gasteiger partial charge in [-0.2, -0.15) is 0 Å². The highest BCUT2D eigenvalue weighted by atomic mass is 16.5. The van der Waals surface area contributed by atoms with Crippen LogP contribution in [-0.4, -0.2) is 31.6 Å². The van der Waals surface area contributed by atoms with Crippen LogP contribution < -0.4 is 15.8 Å². The molecule has 0 radical (unpaired) electrons. The van der Waals surface area contributed by atoms with Crippen LogP contribution in [0.5, 0.6) is 5.75 Å². The van der Waals surface area contributed by atoms with E-state index in [0.29, 0.717) is 18.0 Å². The Bertz CT molecular complexity index is 474. The molecule has 6 heteroatoms. The molecule has 1 rings (SSSR count). The predicted octanol–water partition coefficient (Wildman–Crippen LogP) is 0.959. The zero-order valence-electron chi connectivity index (χ0n) is 11.2.